The molecular formula is C18H19ClO. The molecule has 0 amide bonds. The summed E-state index contributed by atoms with van der Waals surface area (Å²) in [5, 5.41) is 0. The molecule has 0 aliphatic carbocycles. The van der Waals surface area contributed by atoms with Gasteiger partial charge in [0.25, 0.3) is 0 Å². The van der Waals surface area contributed by atoms with E-state index in [1.807, 2.05) is 18.2 Å². The van der Waals surface area contributed by atoms with Gasteiger partial charge in [-0.05, 0) is 35.3 Å². The van der Waals surface area contributed by atoms with E-state index in [9.17, 15) is 0 Å². The van der Waals surface area contributed by atoms with Crippen LogP contribution in [0.1, 0.15) is 24.5 Å². The Hall–Kier alpha value is -1.73. The molecule has 20 heavy (non-hydrogen) atoms. The predicted molar refractivity (Wildman–Crippen MR) is 87.3 cm³/mol. The van der Waals surface area contributed by atoms with Gasteiger partial charge in [0.2, 0.25) is 0 Å². The van der Waals surface area contributed by atoms with Gasteiger partial charge in [-0.1, -0.05) is 55.5 Å². The SMILES string of the molecule is CCC(=Cc1ccccc1)c1ccc(OCCCl)cc1. The molecule has 0 fully saturated rings. The van der Waals surface area contributed by atoms with Gasteiger partial charge in [0, 0.05) is 0 Å². The van der Waals surface area contributed by atoms with Gasteiger partial charge < -0.3 is 4.74 Å². The molecule has 0 aromatic heterocycles. The quantitative estimate of drug-likeness (QED) is 0.520. The van der Waals surface area contributed by atoms with Crippen molar-refractivity contribution in [3.05, 3.63) is 65.7 Å². The second-order valence-electron chi connectivity index (χ2n) is 4.50. The lowest BCUT2D eigenvalue weighted by Crippen LogP contribution is -1.97. The fourth-order valence-electron chi connectivity index (χ4n) is 2.06. The normalized spacial score (nSPS) is 11.4. The van der Waals surface area contributed by atoms with Crippen molar-refractivity contribution in [3.63, 3.8) is 0 Å². The summed E-state index contributed by atoms with van der Waals surface area (Å²) in [5.41, 5.74) is 3.78. The van der Waals surface area contributed by atoms with Crippen LogP contribution in [0.3, 0.4) is 0 Å². The van der Waals surface area contributed by atoms with E-state index in [1.165, 1.54) is 16.7 Å². The summed E-state index contributed by atoms with van der Waals surface area (Å²) in [6, 6.07) is 18.6. The van der Waals surface area contributed by atoms with Crippen LogP contribution in [0.15, 0.2) is 54.6 Å². The van der Waals surface area contributed by atoms with Crippen molar-refractivity contribution >= 4 is 23.3 Å². The summed E-state index contributed by atoms with van der Waals surface area (Å²) >= 11 is 5.61. The average Bonchev–Trinajstić information content (AvgIpc) is 2.52. The van der Waals surface area contributed by atoms with Gasteiger partial charge in [0.1, 0.15) is 12.4 Å². The summed E-state index contributed by atoms with van der Waals surface area (Å²) in [6.45, 7) is 2.72. The number of allylic oxidation sites excluding steroid dienone is 1. The molecule has 0 atom stereocenters. The first-order valence-electron chi connectivity index (χ1n) is 6.88. The first-order chi connectivity index (χ1) is 9.83. The molecule has 2 rings (SSSR count). The molecule has 0 spiro atoms. The van der Waals surface area contributed by atoms with Crippen molar-refractivity contribution in [2.45, 2.75) is 13.3 Å². The number of alkyl halides is 1. The Kier molecular flexibility index (Phi) is 5.69. The third kappa shape index (κ3) is 4.14. The lowest BCUT2D eigenvalue weighted by molar-refractivity contribution is 0.343. The predicted octanol–water partition coefficient (Wildman–Crippen LogP) is 5.25. The molecule has 0 saturated carbocycles. The summed E-state index contributed by atoms with van der Waals surface area (Å²) in [5.74, 6) is 1.38. The van der Waals surface area contributed by atoms with Crippen LogP contribution >= 0.6 is 11.6 Å². The van der Waals surface area contributed by atoms with Gasteiger partial charge in [-0.3, -0.25) is 0 Å². The molecule has 0 unspecified atom stereocenters. The Morgan fingerprint density at radius 1 is 1.05 bits per heavy atom. The maximum Gasteiger partial charge on any atom is 0.119 e. The van der Waals surface area contributed by atoms with Crippen LogP contribution in [0.4, 0.5) is 0 Å². The van der Waals surface area contributed by atoms with Crippen LogP contribution in [0.5, 0.6) is 5.75 Å². The van der Waals surface area contributed by atoms with Crippen LogP contribution in [0.2, 0.25) is 0 Å². The second-order valence-corrected chi connectivity index (χ2v) is 4.87. The van der Waals surface area contributed by atoms with Gasteiger partial charge >= 0.3 is 0 Å². The first kappa shape index (κ1) is 14.7. The highest BCUT2D eigenvalue weighted by Gasteiger charge is 2.01. The summed E-state index contributed by atoms with van der Waals surface area (Å²) in [4.78, 5) is 0. The lowest BCUT2D eigenvalue weighted by Gasteiger charge is -2.08. The largest absolute Gasteiger partial charge is 0.492 e. The lowest BCUT2D eigenvalue weighted by atomic mass is 10.0. The Balaban J connectivity index is 2.17. The molecule has 0 aliphatic rings. The molecule has 0 heterocycles. The minimum absolute atomic E-state index is 0.510. The van der Waals surface area contributed by atoms with Crippen molar-refractivity contribution in [1.82, 2.24) is 0 Å². The Bertz CT molecular complexity index is 543. The Labute approximate surface area is 125 Å². The number of hydrogen-bond donors (Lipinski definition) is 0. The van der Waals surface area contributed by atoms with Crippen molar-refractivity contribution in [3.8, 4) is 5.75 Å². The highest BCUT2D eigenvalue weighted by molar-refractivity contribution is 6.18. The van der Waals surface area contributed by atoms with E-state index in [1.54, 1.807) is 0 Å². The van der Waals surface area contributed by atoms with E-state index in [2.05, 4.69) is 49.4 Å². The van der Waals surface area contributed by atoms with E-state index < -0.39 is 0 Å². The molecule has 0 aliphatic heterocycles. The summed E-state index contributed by atoms with van der Waals surface area (Å²) < 4.78 is 5.49. The number of rotatable bonds is 6. The average molecular weight is 287 g/mol. The van der Waals surface area contributed by atoms with Gasteiger partial charge in [0.05, 0.1) is 5.88 Å². The molecule has 0 bridgehead atoms. The van der Waals surface area contributed by atoms with E-state index in [-0.39, 0.29) is 0 Å². The van der Waals surface area contributed by atoms with E-state index in [0.29, 0.717) is 12.5 Å². The van der Waals surface area contributed by atoms with Crippen molar-refractivity contribution < 1.29 is 4.74 Å². The monoisotopic (exact) mass is 286 g/mol. The molecular weight excluding hydrogens is 268 g/mol. The van der Waals surface area contributed by atoms with Crippen LogP contribution in [0.25, 0.3) is 11.6 Å². The van der Waals surface area contributed by atoms with Crippen molar-refractivity contribution in [1.29, 1.82) is 0 Å². The maximum atomic E-state index is 5.61. The number of halogens is 1. The van der Waals surface area contributed by atoms with Crippen LogP contribution < -0.4 is 4.74 Å². The molecule has 2 heteroatoms. The molecule has 2 aromatic carbocycles. The highest BCUT2D eigenvalue weighted by Crippen LogP contribution is 2.23. The fraction of sp³-hybridized carbons (Fsp3) is 0.222. The standard InChI is InChI=1S/C18H19ClO/c1-2-16(14-15-6-4-3-5-7-15)17-8-10-18(11-9-17)20-13-12-19/h3-11,14H,2,12-13H2,1H3. The zero-order valence-corrected chi connectivity index (χ0v) is 12.4. The smallest absolute Gasteiger partial charge is 0.119 e. The minimum Gasteiger partial charge on any atom is -0.492 e. The minimum atomic E-state index is 0.510. The third-order valence-corrected chi connectivity index (χ3v) is 3.25. The van der Waals surface area contributed by atoms with Crippen molar-refractivity contribution in [2.24, 2.45) is 0 Å². The first-order valence-corrected chi connectivity index (χ1v) is 7.41. The third-order valence-electron chi connectivity index (χ3n) is 3.09. The zero-order valence-electron chi connectivity index (χ0n) is 11.7. The van der Waals surface area contributed by atoms with E-state index in [0.717, 1.165) is 12.2 Å². The molecule has 104 valence electrons. The Morgan fingerprint density at radius 2 is 1.75 bits per heavy atom. The molecule has 0 radical (unpaired) electrons. The molecule has 1 nitrogen and oxygen atoms in total. The molecule has 2 aromatic rings. The molecule has 0 saturated heterocycles. The van der Waals surface area contributed by atoms with E-state index in [4.69, 9.17) is 16.3 Å². The zero-order chi connectivity index (χ0) is 14.2. The van der Waals surface area contributed by atoms with Crippen LogP contribution in [0, 0.1) is 0 Å². The number of benzene rings is 2. The van der Waals surface area contributed by atoms with Crippen LogP contribution in [-0.2, 0) is 0 Å². The second kappa shape index (κ2) is 7.76. The fourth-order valence-corrected chi connectivity index (χ4v) is 2.14. The number of hydrogen-bond acceptors (Lipinski definition) is 1. The number of ether oxygens (including phenoxy) is 1. The molecule has 0 N–H and O–H groups in total. The topological polar surface area (TPSA) is 9.23 Å². The van der Waals surface area contributed by atoms with Crippen molar-refractivity contribution in [2.75, 3.05) is 12.5 Å². The Morgan fingerprint density at radius 3 is 2.35 bits per heavy atom. The summed E-state index contributed by atoms with van der Waals surface area (Å²) in [7, 11) is 0. The highest BCUT2D eigenvalue weighted by atomic mass is 35.5. The van der Waals surface area contributed by atoms with Crippen LogP contribution in [-0.4, -0.2) is 12.5 Å². The van der Waals surface area contributed by atoms with Gasteiger partial charge in [-0.2, -0.15) is 0 Å². The van der Waals surface area contributed by atoms with Gasteiger partial charge in [0.15, 0.2) is 0 Å². The summed E-state index contributed by atoms with van der Waals surface area (Å²) in [6.07, 6.45) is 3.23. The maximum absolute atomic E-state index is 5.61. The van der Waals surface area contributed by atoms with Gasteiger partial charge in [-0.25, -0.2) is 0 Å². The van der Waals surface area contributed by atoms with E-state index >= 15 is 0 Å². The van der Waals surface area contributed by atoms with Gasteiger partial charge in [-0.15, -0.1) is 11.6 Å².